The minimum atomic E-state index is -3.32. The van der Waals surface area contributed by atoms with Gasteiger partial charge in [0.2, 0.25) is 10.0 Å². The molecular formula is C14H21NO4S2. The van der Waals surface area contributed by atoms with Crippen LogP contribution in [0.1, 0.15) is 24.3 Å². The first-order chi connectivity index (χ1) is 9.85. The molecule has 1 heterocycles. The Morgan fingerprint density at radius 1 is 1.48 bits per heavy atom. The SMILES string of the molecule is CC(C)OCCS(=O)(=O)N(C)Cc1csc(C#CCO)c1. The zero-order chi connectivity index (χ0) is 15.9. The van der Waals surface area contributed by atoms with Gasteiger partial charge in [-0.2, -0.15) is 0 Å². The van der Waals surface area contributed by atoms with Crippen LogP contribution in [-0.2, 0) is 21.3 Å². The molecule has 0 aromatic carbocycles. The molecule has 0 saturated carbocycles. The van der Waals surface area contributed by atoms with Gasteiger partial charge in [-0.05, 0) is 30.9 Å². The van der Waals surface area contributed by atoms with Gasteiger partial charge in [0.1, 0.15) is 6.61 Å². The fourth-order valence-electron chi connectivity index (χ4n) is 1.55. The topological polar surface area (TPSA) is 66.8 Å². The van der Waals surface area contributed by atoms with Crippen LogP contribution in [0.25, 0.3) is 0 Å². The third kappa shape index (κ3) is 6.59. The lowest BCUT2D eigenvalue weighted by molar-refractivity contribution is 0.0907. The van der Waals surface area contributed by atoms with Crippen molar-refractivity contribution >= 4 is 21.4 Å². The summed E-state index contributed by atoms with van der Waals surface area (Å²) >= 11 is 1.43. The number of thiophene rings is 1. The third-order valence-electron chi connectivity index (χ3n) is 2.62. The van der Waals surface area contributed by atoms with Gasteiger partial charge in [-0.1, -0.05) is 11.8 Å². The van der Waals surface area contributed by atoms with E-state index in [1.165, 1.54) is 15.6 Å². The van der Waals surface area contributed by atoms with E-state index in [4.69, 9.17) is 9.84 Å². The first-order valence-electron chi connectivity index (χ1n) is 6.58. The van der Waals surface area contributed by atoms with Crippen LogP contribution in [0.15, 0.2) is 11.4 Å². The van der Waals surface area contributed by atoms with Gasteiger partial charge in [-0.25, -0.2) is 12.7 Å². The molecule has 0 radical (unpaired) electrons. The summed E-state index contributed by atoms with van der Waals surface area (Å²) in [5.41, 5.74) is 0.887. The zero-order valence-electron chi connectivity index (χ0n) is 12.5. The van der Waals surface area contributed by atoms with Crippen LogP contribution in [0.2, 0.25) is 0 Å². The number of nitrogens with zero attached hydrogens (tertiary/aromatic N) is 1. The summed E-state index contributed by atoms with van der Waals surface area (Å²) in [6.07, 6.45) is 0.0232. The lowest BCUT2D eigenvalue weighted by Gasteiger charge is -2.17. The van der Waals surface area contributed by atoms with Gasteiger partial charge < -0.3 is 9.84 Å². The summed E-state index contributed by atoms with van der Waals surface area (Å²) < 4.78 is 30.8. The molecule has 0 unspecified atom stereocenters. The van der Waals surface area contributed by atoms with Crippen LogP contribution in [0, 0.1) is 11.8 Å². The Morgan fingerprint density at radius 2 is 2.19 bits per heavy atom. The van der Waals surface area contributed by atoms with Crippen molar-refractivity contribution in [1.82, 2.24) is 4.31 Å². The molecule has 0 amide bonds. The minimum absolute atomic E-state index is 0.0232. The van der Waals surface area contributed by atoms with Crippen molar-refractivity contribution in [2.75, 3.05) is 26.0 Å². The van der Waals surface area contributed by atoms with E-state index in [2.05, 4.69) is 11.8 Å². The highest BCUT2D eigenvalue weighted by molar-refractivity contribution is 7.89. The second-order valence-electron chi connectivity index (χ2n) is 4.77. The van der Waals surface area contributed by atoms with Crippen molar-refractivity contribution in [3.8, 4) is 11.8 Å². The zero-order valence-corrected chi connectivity index (χ0v) is 14.1. The van der Waals surface area contributed by atoms with Crippen molar-refractivity contribution in [1.29, 1.82) is 0 Å². The van der Waals surface area contributed by atoms with Crippen molar-refractivity contribution in [2.24, 2.45) is 0 Å². The van der Waals surface area contributed by atoms with Gasteiger partial charge in [0.05, 0.1) is 23.3 Å². The monoisotopic (exact) mass is 331 g/mol. The van der Waals surface area contributed by atoms with E-state index in [9.17, 15) is 8.42 Å². The van der Waals surface area contributed by atoms with E-state index < -0.39 is 10.0 Å². The predicted molar refractivity (Wildman–Crippen MR) is 84.6 cm³/mol. The van der Waals surface area contributed by atoms with Gasteiger partial charge in [-0.3, -0.25) is 0 Å². The Bertz CT molecular complexity index is 596. The van der Waals surface area contributed by atoms with E-state index in [-0.39, 0.29) is 25.1 Å². The van der Waals surface area contributed by atoms with Crippen molar-refractivity contribution in [3.63, 3.8) is 0 Å². The van der Waals surface area contributed by atoms with Gasteiger partial charge in [-0.15, -0.1) is 11.3 Å². The molecule has 1 aromatic rings. The van der Waals surface area contributed by atoms with Gasteiger partial charge in [0.15, 0.2) is 0 Å². The second kappa shape index (κ2) is 8.51. The molecule has 0 saturated heterocycles. The third-order valence-corrected chi connectivity index (χ3v) is 5.27. The molecule has 118 valence electrons. The average molecular weight is 331 g/mol. The molecule has 21 heavy (non-hydrogen) atoms. The highest BCUT2D eigenvalue weighted by atomic mass is 32.2. The van der Waals surface area contributed by atoms with Crippen molar-refractivity contribution < 1.29 is 18.3 Å². The molecule has 0 aliphatic heterocycles. The van der Waals surface area contributed by atoms with E-state index in [0.29, 0.717) is 6.54 Å². The van der Waals surface area contributed by atoms with Crippen molar-refractivity contribution in [2.45, 2.75) is 26.5 Å². The molecule has 1 rings (SSSR count). The van der Waals surface area contributed by atoms with E-state index >= 15 is 0 Å². The maximum Gasteiger partial charge on any atom is 0.216 e. The fourth-order valence-corrected chi connectivity index (χ4v) is 3.29. The molecule has 0 spiro atoms. The predicted octanol–water partition coefficient (Wildman–Crippen LogP) is 1.28. The Balaban J connectivity index is 2.58. The lowest BCUT2D eigenvalue weighted by Crippen LogP contribution is -2.30. The molecule has 0 aliphatic rings. The molecule has 0 atom stereocenters. The summed E-state index contributed by atoms with van der Waals surface area (Å²) in [4.78, 5) is 0.813. The van der Waals surface area contributed by atoms with E-state index in [0.717, 1.165) is 10.4 Å². The van der Waals surface area contributed by atoms with Gasteiger partial charge in [0, 0.05) is 13.6 Å². The lowest BCUT2D eigenvalue weighted by atomic mass is 10.3. The van der Waals surface area contributed by atoms with E-state index in [1.807, 2.05) is 25.3 Å². The molecule has 7 heteroatoms. The molecule has 5 nitrogen and oxygen atoms in total. The maximum atomic E-state index is 12.1. The Hall–Kier alpha value is -0.910. The maximum absolute atomic E-state index is 12.1. The van der Waals surface area contributed by atoms with Crippen LogP contribution in [-0.4, -0.2) is 49.9 Å². The van der Waals surface area contributed by atoms with Crippen LogP contribution in [0.3, 0.4) is 0 Å². The highest BCUT2D eigenvalue weighted by Crippen LogP contribution is 2.16. The smallest absolute Gasteiger partial charge is 0.216 e. The van der Waals surface area contributed by atoms with E-state index in [1.54, 1.807) is 7.05 Å². The Labute approximate surface area is 130 Å². The summed E-state index contributed by atoms with van der Waals surface area (Å²) in [5, 5.41) is 10.5. The number of aliphatic hydroxyl groups is 1. The number of ether oxygens (including phenoxy) is 1. The molecule has 0 bridgehead atoms. The van der Waals surface area contributed by atoms with Gasteiger partial charge >= 0.3 is 0 Å². The molecule has 0 fully saturated rings. The standard InChI is InChI=1S/C14H21NO4S2/c1-12(2)19-7-8-21(17,18)15(3)10-13-9-14(20-11-13)5-4-6-16/h9,11-12,16H,6-8,10H2,1-3H3. The first-order valence-corrected chi connectivity index (χ1v) is 9.07. The number of hydrogen-bond acceptors (Lipinski definition) is 5. The fraction of sp³-hybridized carbons (Fsp3) is 0.571. The normalized spacial score (nSPS) is 11.7. The largest absolute Gasteiger partial charge is 0.384 e. The molecule has 1 aromatic heterocycles. The summed E-state index contributed by atoms with van der Waals surface area (Å²) in [6, 6.07) is 1.84. The summed E-state index contributed by atoms with van der Waals surface area (Å²) in [7, 11) is -1.77. The summed E-state index contributed by atoms with van der Waals surface area (Å²) in [5.74, 6) is 5.35. The Kier molecular flexibility index (Phi) is 7.35. The minimum Gasteiger partial charge on any atom is -0.384 e. The highest BCUT2D eigenvalue weighted by Gasteiger charge is 2.18. The van der Waals surface area contributed by atoms with Gasteiger partial charge in [0.25, 0.3) is 0 Å². The van der Waals surface area contributed by atoms with Crippen LogP contribution < -0.4 is 0 Å². The van der Waals surface area contributed by atoms with Crippen LogP contribution >= 0.6 is 11.3 Å². The Morgan fingerprint density at radius 3 is 2.81 bits per heavy atom. The van der Waals surface area contributed by atoms with Crippen LogP contribution in [0.5, 0.6) is 0 Å². The molecular weight excluding hydrogens is 310 g/mol. The molecule has 1 N–H and O–H groups in total. The quantitative estimate of drug-likeness (QED) is 0.764. The number of sulfonamides is 1. The van der Waals surface area contributed by atoms with Crippen LogP contribution in [0.4, 0.5) is 0 Å². The second-order valence-corrected chi connectivity index (χ2v) is 7.88. The summed E-state index contributed by atoms with van der Waals surface area (Å²) in [6.45, 7) is 4.06. The molecule has 0 aliphatic carbocycles. The number of hydrogen-bond donors (Lipinski definition) is 1. The average Bonchev–Trinajstić information content (AvgIpc) is 2.83. The number of aliphatic hydroxyl groups excluding tert-OH is 1. The number of rotatable bonds is 7. The van der Waals surface area contributed by atoms with Crippen molar-refractivity contribution in [3.05, 3.63) is 21.9 Å². The first kappa shape index (κ1) is 18.1.